The van der Waals surface area contributed by atoms with Crippen molar-refractivity contribution in [3.63, 3.8) is 0 Å². The minimum atomic E-state index is -6.03. The van der Waals surface area contributed by atoms with Crippen LogP contribution in [0.1, 0.15) is 6.23 Å². The molecule has 2 aliphatic heterocycles. The molecule has 2 fully saturated rings. The molecule has 4 heterocycles. The molecule has 6 N–H and O–H groups in total. The quantitative estimate of drug-likeness (QED) is 0.0926. The summed E-state index contributed by atoms with van der Waals surface area (Å²) in [6.07, 6.45) is -5.39. The molecule has 0 saturated carbocycles. The fourth-order valence-corrected chi connectivity index (χ4v) is 7.83. The molecule has 31 heteroatoms. The highest BCUT2D eigenvalue weighted by molar-refractivity contribution is 7.66. The number of nitrogens with zero attached hydrogens (tertiary/aromatic N) is 6. The molecule has 2 saturated heterocycles. The third-order valence-corrected chi connectivity index (χ3v) is 10.2. The van der Waals surface area contributed by atoms with E-state index in [-0.39, 0.29) is 11.2 Å². The van der Waals surface area contributed by atoms with Crippen LogP contribution in [0.4, 0.5) is 5.95 Å². The molecule has 256 valence electrons. The third-order valence-electron chi connectivity index (χ3n) is 6.44. The number of phosphoric ester groups is 1. The van der Waals surface area contributed by atoms with Crippen molar-refractivity contribution in [3.05, 3.63) is 70.6 Å². The Balaban J connectivity index is 1.55. The molecule has 1 aliphatic carbocycles. The van der Waals surface area contributed by atoms with Crippen molar-refractivity contribution in [2.45, 2.75) is 36.4 Å². The number of aromatic amines is 1. The number of H-pyrrole nitrogens is 1. The van der Waals surface area contributed by atoms with Crippen LogP contribution >= 0.6 is 23.5 Å². The standard InChI is InChI=1S/C16H17N8O20P3/c17-15-19-12-9(13(25)20-15)18-4-21(12)14-11-10(6(40-14)3-39-46(35,36)44-47(37,38)43-45(32,33)34)41-16(42-11)7(23(28)29)1-5(22(26)27)2-8(16)24(30)31/h1-2,4,6-7,10-11,14H,3H2,(H,35,36)(H,37,38)(H2,32,33,34)(H3,17,19,20,25)/p-1. The number of nitrogens with two attached hydrogens (primary N) is 1. The molecule has 1 spiro atoms. The van der Waals surface area contributed by atoms with Gasteiger partial charge in [-0.1, -0.05) is 0 Å². The summed E-state index contributed by atoms with van der Waals surface area (Å²) in [7, 11) is -17.9. The van der Waals surface area contributed by atoms with E-state index in [2.05, 4.69) is 28.1 Å². The number of fused-ring (bicyclic) bond motifs is 2. The van der Waals surface area contributed by atoms with Crippen LogP contribution in [0.25, 0.3) is 11.2 Å². The van der Waals surface area contributed by atoms with Crippen LogP contribution in [0.3, 0.4) is 0 Å². The van der Waals surface area contributed by atoms with Gasteiger partial charge in [0.2, 0.25) is 5.95 Å². The number of imidazole rings is 1. The van der Waals surface area contributed by atoms with Crippen LogP contribution in [0.15, 0.2) is 34.7 Å². The highest BCUT2D eigenvalue weighted by atomic mass is 31.3. The van der Waals surface area contributed by atoms with Gasteiger partial charge in [0.25, 0.3) is 19.1 Å². The smallest absolute Gasteiger partial charge is 0.487 e. The number of anilines is 1. The first kappa shape index (κ1) is 34.5. The SMILES string of the molecule is Nc1nc2c(ncn2C2OC(COP(=O)(O)OP(=O)(O)OP(=O)([O-])O)C3OC4(OC32)C([N+](=O)[O-])=CC([N+](=O)[O-])=CC4[N+](=O)[O-])c(=O)[nH]1. The minimum Gasteiger partial charge on any atom is -0.756 e. The van der Waals surface area contributed by atoms with Gasteiger partial charge in [-0.25, -0.2) is 18.4 Å². The van der Waals surface area contributed by atoms with E-state index in [1.54, 1.807) is 0 Å². The summed E-state index contributed by atoms with van der Waals surface area (Å²) in [5, 5.41) is 35.6. The molecule has 2 aromatic heterocycles. The molecule has 5 rings (SSSR count). The molecular formula is C16H16N8O20P3-. The summed E-state index contributed by atoms with van der Waals surface area (Å²) in [5.41, 5.74) is 1.71. The lowest BCUT2D eigenvalue weighted by Gasteiger charge is -2.30. The van der Waals surface area contributed by atoms with Crippen LogP contribution in [-0.2, 0) is 41.1 Å². The maximum absolute atomic E-state index is 12.4. The van der Waals surface area contributed by atoms with Gasteiger partial charge < -0.3 is 39.5 Å². The predicted octanol–water partition coefficient (Wildman–Crippen LogP) is -2.23. The zero-order chi connectivity index (χ0) is 34.9. The second-order valence-electron chi connectivity index (χ2n) is 9.40. The van der Waals surface area contributed by atoms with Crippen molar-refractivity contribution in [2.24, 2.45) is 0 Å². The monoisotopic (exact) mass is 733 g/mol. The van der Waals surface area contributed by atoms with Gasteiger partial charge in [0, 0.05) is 4.92 Å². The maximum atomic E-state index is 12.4. The van der Waals surface area contributed by atoms with E-state index in [9.17, 15) is 63.5 Å². The summed E-state index contributed by atoms with van der Waals surface area (Å²) < 4.78 is 64.7. The van der Waals surface area contributed by atoms with Crippen LogP contribution in [0.5, 0.6) is 0 Å². The normalized spacial score (nSPS) is 30.9. The Morgan fingerprint density at radius 3 is 2.32 bits per heavy atom. The van der Waals surface area contributed by atoms with Gasteiger partial charge in [0.1, 0.15) is 18.3 Å². The van der Waals surface area contributed by atoms with E-state index in [1.165, 1.54) is 0 Å². The number of ether oxygens (including phenoxy) is 3. The lowest BCUT2D eigenvalue weighted by Crippen LogP contribution is -2.53. The van der Waals surface area contributed by atoms with E-state index in [0.29, 0.717) is 12.2 Å². The van der Waals surface area contributed by atoms with Crippen LogP contribution in [-0.4, -0.2) is 85.7 Å². The van der Waals surface area contributed by atoms with Gasteiger partial charge >= 0.3 is 33.2 Å². The van der Waals surface area contributed by atoms with E-state index in [1.807, 2.05) is 0 Å². The average molecular weight is 733 g/mol. The number of phosphoric acid groups is 3. The summed E-state index contributed by atoms with van der Waals surface area (Å²) in [6.45, 7) is -1.27. The van der Waals surface area contributed by atoms with Crippen molar-refractivity contribution in [1.82, 2.24) is 19.5 Å². The number of nitrogen functional groups attached to an aromatic ring is 1. The van der Waals surface area contributed by atoms with Gasteiger partial charge in [-0.3, -0.25) is 53.8 Å². The topological polar surface area (TPSA) is 409 Å². The van der Waals surface area contributed by atoms with Crippen molar-refractivity contribution in [2.75, 3.05) is 12.3 Å². The second-order valence-corrected chi connectivity index (χ2v) is 13.8. The molecule has 0 radical (unpaired) electrons. The van der Waals surface area contributed by atoms with Gasteiger partial charge in [-0.2, -0.15) is 9.29 Å². The van der Waals surface area contributed by atoms with Gasteiger partial charge in [-0.05, 0) is 0 Å². The van der Waals surface area contributed by atoms with Crippen LogP contribution in [0.2, 0.25) is 0 Å². The fourth-order valence-electron chi connectivity index (χ4n) is 4.83. The Bertz CT molecular complexity index is 1950. The van der Waals surface area contributed by atoms with E-state index in [0.717, 1.165) is 10.9 Å². The van der Waals surface area contributed by atoms with Gasteiger partial charge in [0.05, 0.1) is 34.9 Å². The fraction of sp³-hybridized carbons (Fsp3) is 0.438. The van der Waals surface area contributed by atoms with Crippen molar-refractivity contribution in [3.8, 4) is 0 Å². The van der Waals surface area contributed by atoms with E-state index in [4.69, 9.17) is 24.8 Å². The first-order valence-corrected chi connectivity index (χ1v) is 16.5. The number of nitro groups is 3. The maximum Gasteiger partial charge on any atom is 0.487 e. The molecule has 2 aromatic rings. The van der Waals surface area contributed by atoms with Gasteiger partial charge in [0.15, 0.2) is 17.4 Å². The molecule has 0 aromatic carbocycles. The highest BCUT2D eigenvalue weighted by Crippen LogP contribution is 2.65. The summed E-state index contributed by atoms with van der Waals surface area (Å²) >= 11 is 0. The molecule has 28 nitrogen and oxygen atoms in total. The molecule has 9 unspecified atom stereocenters. The van der Waals surface area contributed by atoms with Crippen LogP contribution in [0, 0.1) is 30.3 Å². The zero-order valence-corrected chi connectivity index (χ0v) is 24.9. The minimum absolute atomic E-state index is 0.309. The molecule has 47 heavy (non-hydrogen) atoms. The number of hydrogen-bond acceptors (Lipinski definition) is 20. The lowest BCUT2D eigenvalue weighted by atomic mass is 9.96. The van der Waals surface area contributed by atoms with Crippen LogP contribution < -0.4 is 16.2 Å². The molecule has 0 amide bonds. The van der Waals surface area contributed by atoms with Gasteiger partial charge in [-0.15, -0.1) is 0 Å². The first-order chi connectivity index (χ1) is 21.6. The Labute approximate surface area is 255 Å². The van der Waals surface area contributed by atoms with E-state index >= 15 is 0 Å². The average Bonchev–Trinajstić information content (AvgIpc) is 3.57. The number of allylic oxidation sites excluding steroid dienone is 1. The zero-order valence-electron chi connectivity index (χ0n) is 22.2. The molecular weight excluding hydrogens is 717 g/mol. The Morgan fingerprint density at radius 1 is 1.06 bits per heavy atom. The van der Waals surface area contributed by atoms with E-state index < -0.39 is 104 Å². The molecule has 0 bridgehead atoms. The van der Waals surface area contributed by atoms with Crippen molar-refractivity contribution < 1.29 is 75.4 Å². The largest absolute Gasteiger partial charge is 0.756 e. The third kappa shape index (κ3) is 6.63. The number of hydrogen-bond donors (Lipinski definition) is 5. The predicted molar refractivity (Wildman–Crippen MR) is 137 cm³/mol. The summed E-state index contributed by atoms with van der Waals surface area (Å²) in [4.78, 5) is 92.9. The Morgan fingerprint density at radius 2 is 1.72 bits per heavy atom. The number of aromatic nitrogens is 4. The summed E-state index contributed by atoms with van der Waals surface area (Å²) in [5.74, 6) is -3.47. The van der Waals surface area contributed by atoms with Crippen molar-refractivity contribution in [1.29, 1.82) is 0 Å². The lowest BCUT2D eigenvalue weighted by molar-refractivity contribution is -0.569. The number of rotatable bonds is 11. The highest BCUT2D eigenvalue weighted by Gasteiger charge is 2.72. The first-order valence-electron chi connectivity index (χ1n) is 12.0. The Hall–Kier alpha value is -3.88. The molecule has 9 atom stereocenters. The van der Waals surface area contributed by atoms with Crippen molar-refractivity contribution >= 4 is 40.6 Å². The Kier molecular flexibility index (Phi) is 8.55. The summed E-state index contributed by atoms with van der Waals surface area (Å²) in [6, 6.07) is -2.47. The second kappa shape index (κ2) is 11.7. The number of nitrogens with one attached hydrogen (secondary N) is 1. The molecule has 3 aliphatic rings.